The molecule has 1 aliphatic heterocycles. The molecule has 0 aliphatic carbocycles. The third-order valence-electron chi connectivity index (χ3n) is 4.28. The number of fused-ring (bicyclic) bond motifs is 1. The van der Waals surface area contributed by atoms with Crippen LogP contribution in [0.5, 0.6) is 0 Å². The average Bonchev–Trinajstić information content (AvgIpc) is 2.99. The van der Waals surface area contributed by atoms with Gasteiger partial charge >= 0.3 is 5.82 Å². The van der Waals surface area contributed by atoms with Gasteiger partial charge < -0.3 is 15.0 Å². The Morgan fingerprint density at radius 2 is 2.43 bits per heavy atom. The second kappa shape index (κ2) is 6.78. The van der Waals surface area contributed by atoms with Crippen molar-refractivity contribution in [1.29, 1.82) is 0 Å². The summed E-state index contributed by atoms with van der Waals surface area (Å²) in [7, 11) is 0. The van der Waals surface area contributed by atoms with Gasteiger partial charge in [-0.3, -0.25) is 4.79 Å². The highest BCUT2D eigenvalue weighted by Crippen LogP contribution is 2.22. The largest absolute Gasteiger partial charge is 0.396 e. The van der Waals surface area contributed by atoms with Gasteiger partial charge in [0, 0.05) is 19.3 Å². The maximum atomic E-state index is 11.8. The number of nitrogens with one attached hydrogen (secondary N) is 4. The summed E-state index contributed by atoms with van der Waals surface area (Å²) in [6.07, 6.45) is 7.61. The first-order chi connectivity index (χ1) is 11.2. The summed E-state index contributed by atoms with van der Waals surface area (Å²) < 4.78 is 0. The quantitative estimate of drug-likeness (QED) is 0.673. The number of aromatic amines is 3. The predicted octanol–water partition coefficient (Wildman–Crippen LogP) is -0.0802. The van der Waals surface area contributed by atoms with Crippen LogP contribution in [0.4, 0.5) is 5.82 Å². The number of amides is 1. The van der Waals surface area contributed by atoms with Gasteiger partial charge in [0.1, 0.15) is 6.04 Å². The van der Waals surface area contributed by atoms with E-state index in [1.807, 2.05) is 11.1 Å². The van der Waals surface area contributed by atoms with Crippen molar-refractivity contribution in [2.45, 2.75) is 25.3 Å². The third kappa shape index (κ3) is 3.19. The number of likely N-dealkylation sites (tertiary alicyclic amines) is 1. The first-order valence-corrected chi connectivity index (χ1v) is 7.94. The van der Waals surface area contributed by atoms with Crippen LogP contribution in [0, 0.1) is 0 Å². The van der Waals surface area contributed by atoms with Crippen molar-refractivity contribution in [2.75, 3.05) is 25.0 Å². The number of hydrogen-bond acceptors (Lipinski definition) is 3. The summed E-state index contributed by atoms with van der Waals surface area (Å²) in [5.74, 6) is 0.885. The molecule has 23 heavy (non-hydrogen) atoms. The Hall–Kier alpha value is -2.41. The molecule has 2 aromatic rings. The molecule has 7 nitrogen and oxygen atoms in total. The molecular formula is C16H23N5O2+2. The van der Waals surface area contributed by atoms with Gasteiger partial charge in [-0.15, -0.1) is 0 Å². The van der Waals surface area contributed by atoms with Crippen LogP contribution >= 0.6 is 0 Å². The number of aromatic nitrogens is 3. The molecule has 0 unspecified atom stereocenters. The van der Waals surface area contributed by atoms with Crippen molar-refractivity contribution in [3.8, 4) is 0 Å². The van der Waals surface area contributed by atoms with Crippen molar-refractivity contribution < 1.29 is 19.9 Å². The highest BCUT2D eigenvalue weighted by atomic mass is 16.3. The van der Waals surface area contributed by atoms with Crippen LogP contribution in [-0.2, 0) is 11.2 Å². The number of carbonyl (C=O) groups excluding carboxylic acids is 1. The standard InChI is InChI=1S/C16H21N5O2/c1-2-13(23)21-6-3-4-12(9-21)20-16-14-11(5-7-22)8-17-15(14)18-10-19-16/h2,8,10,12,22H,1,3-7,9H2,(H2,17,18,19,20)/p+2/t12-/m1/s1. The zero-order valence-corrected chi connectivity index (χ0v) is 13.1. The molecule has 1 atom stereocenters. The second-order valence-electron chi connectivity index (χ2n) is 5.82. The molecule has 122 valence electrons. The van der Waals surface area contributed by atoms with Crippen molar-refractivity contribution in [2.24, 2.45) is 0 Å². The van der Waals surface area contributed by atoms with Gasteiger partial charge in [-0.05, 0) is 30.9 Å². The van der Waals surface area contributed by atoms with E-state index in [-0.39, 0.29) is 18.6 Å². The summed E-state index contributed by atoms with van der Waals surface area (Å²) in [4.78, 5) is 23.2. The molecule has 0 bridgehead atoms. The SMILES string of the molecule is C=CC(=O)N1CCC[C@@H](Nc2[nH+]c[nH+]c3[nH]cc(CCO)c23)C1. The Morgan fingerprint density at radius 1 is 1.57 bits per heavy atom. The minimum absolute atomic E-state index is 0.0189. The van der Waals surface area contributed by atoms with E-state index in [0.717, 1.165) is 41.8 Å². The number of H-pyrrole nitrogens is 3. The molecule has 1 amide bonds. The van der Waals surface area contributed by atoms with Crippen molar-refractivity contribution in [1.82, 2.24) is 9.88 Å². The molecule has 1 fully saturated rings. The smallest absolute Gasteiger partial charge is 0.345 e. The van der Waals surface area contributed by atoms with Crippen LogP contribution in [0.2, 0.25) is 0 Å². The lowest BCUT2D eigenvalue weighted by molar-refractivity contribution is -0.506. The molecule has 5 N–H and O–H groups in total. The molecule has 0 spiro atoms. The lowest BCUT2D eigenvalue weighted by Crippen LogP contribution is -2.45. The molecule has 0 aromatic carbocycles. The van der Waals surface area contributed by atoms with Crippen LogP contribution in [-0.4, -0.2) is 46.6 Å². The number of anilines is 1. The molecule has 1 aliphatic rings. The van der Waals surface area contributed by atoms with Gasteiger partial charge in [-0.1, -0.05) is 6.58 Å². The van der Waals surface area contributed by atoms with Crippen LogP contribution in [0.1, 0.15) is 18.4 Å². The highest BCUT2D eigenvalue weighted by molar-refractivity contribution is 5.88. The third-order valence-corrected chi connectivity index (χ3v) is 4.28. The monoisotopic (exact) mass is 317 g/mol. The number of rotatable bonds is 5. The topological polar surface area (TPSA) is 96.6 Å². The Bertz CT molecular complexity index is 712. The Kier molecular flexibility index (Phi) is 4.57. The maximum absolute atomic E-state index is 11.8. The summed E-state index contributed by atoms with van der Waals surface area (Å²) in [5, 5.41) is 13.8. The van der Waals surface area contributed by atoms with E-state index in [9.17, 15) is 9.90 Å². The van der Waals surface area contributed by atoms with E-state index in [1.54, 1.807) is 6.33 Å². The van der Waals surface area contributed by atoms with Gasteiger partial charge in [0.25, 0.3) is 6.33 Å². The summed E-state index contributed by atoms with van der Waals surface area (Å²) in [6, 6.07) is 0.186. The fourth-order valence-corrected chi connectivity index (χ4v) is 3.18. The normalized spacial score (nSPS) is 18.1. The van der Waals surface area contributed by atoms with E-state index in [1.165, 1.54) is 6.08 Å². The number of piperidine rings is 1. The molecule has 2 aromatic heterocycles. The molecule has 3 rings (SSSR count). The summed E-state index contributed by atoms with van der Waals surface area (Å²) in [5.41, 5.74) is 1.96. The highest BCUT2D eigenvalue weighted by Gasteiger charge is 2.29. The van der Waals surface area contributed by atoms with E-state index < -0.39 is 0 Å². The number of aliphatic hydroxyl groups is 1. The van der Waals surface area contributed by atoms with Crippen molar-refractivity contribution >= 4 is 22.8 Å². The predicted molar refractivity (Wildman–Crippen MR) is 85.6 cm³/mol. The first-order valence-electron chi connectivity index (χ1n) is 7.94. The number of aliphatic hydroxyl groups excluding tert-OH is 1. The van der Waals surface area contributed by atoms with E-state index in [2.05, 4.69) is 26.8 Å². The molecule has 1 saturated heterocycles. The number of nitrogens with zero attached hydrogens (tertiary/aromatic N) is 1. The first kappa shape index (κ1) is 15.5. The van der Waals surface area contributed by atoms with Crippen LogP contribution in [0.25, 0.3) is 11.0 Å². The van der Waals surface area contributed by atoms with E-state index >= 15 is 0 Å². The lowest BCUT2D eigenvalue weighted by Gasteiger charge is -2.29. The van der Waals surface area contributed by atoms with Gasteiger partial charge in [0.2, 0.25) is 11.6 Å². The van der Waals surface area contributed by atoms with Gasteiger partial charge in [0.05, 0.1) is 6.54 Å². The summed E-state index contributed by atoms with van der Waals surface area (Å²) in [6.45, 7) is 5.11. The summed E-state index contributed by atoms with van der Waals surface area (Å²) >= 11 is 0. The van der Waals surface area contributed by atoms with Crippen LogP contribution in [0.15, 0.2) is 25.2 Å². The molecule has 7 heteroatoms. The minimum atomic E-state index is -0.0189. The maximum Gasteiger partial charge on any atom is 0.345 e. The van der Waals surface area contributed by atoms with Gasteiger partial charge in [-0.2, -0.15) is 9.97 Å². The molecule has 0 saturated carbocycles. The number of carbonyl (C=O) groups is 1. The molecule has 3 heterocycles. The minimum Gasteiger partial charge on any atom is -0.396 e. The Balaban J connectivity index is 1.82. The Labute approximate surface area is 134 Å². The fourth-order valence-electron chi connectivity index (χ4n) is 3.18. The van der Waals surface area contributed by atoms with E-state index in [4.69, 9.17) is 0 Å². The van der Waals surface area contributed by atoms with E-state index in [0.29, 0.717) is 13.0 Å². The molecule has 0 radical (unpaired) electrons. The van der Waals surface area contributed by atoms with Crippen LogP contribution < -0.4 is 15.3 Å². The van der Waals surface area contributed by atoms with Gasteiger partial charge in [-0.25, -0.2) is 5.32 Å². The molecular weight excluding hydrogens is 294 g/mol. The Morgan fingerprint density at radius 3 is 3.22 bits per heavy atom. The zero-order chi connectivity index (χ0) is 16.2. The second-order valence-corrected chi connectivity index (χ2v) is 5.82. The van der Waals surface area contributed by atoms with Crippen molar-refractivity contribution in [3.05, 3.63) is 30.7 Å². The number of hydrogen-bond donors (Lipinski definition) is 3. The van der Waals surface area contributed by atoms with Gasteiger partial charge in [0.15, 0.2) is 5.39 Å². The zero-order valence-electron chi connectivity index (χ0n) is 13.1. The fraction of sp³-hybridized carbons (Fsp3) is 0.438. The van der Waals surface area contributed by atoms with Crippen molar-refractivity contribution in [3.63, 3.8) is 0 Å². The lowest BCUT2D eigenvalue weighted by atomic mass is 10.1. The average molecular weight is 317 g/mol. The van der Waals surface area contributed by atoms with Crippen LogP contribution in [0.3, 0.4) is 0 Å².